The van der Waals surface area contributed by atoms with Crippen molar-refractivity contribution in [3.05, 3.63) is 144 Å². The molecular formula is C35H26N4O5S. The van der Waals surface area contributed by atoms with Crippen LogP contribution in [0.2, 0.25) is 0 Å². The molecule has 3 aromatic heterocycles. The highest BCUT2D eigenvalue weighted by atomic mass is 32.1. The third kappa shape index (κ3) is 5.25. The van der Waals surface area contributed by atoms with Gasteiger partial charge in [0.05, 0.1) is 18.5 Å². The average Bonchev–Trinajstić information content (AvgIpc) is 3.71. The van der Waals surface area contributed by atoms with E-state index in [0.29, 0.717) is 33.6 Å². The number of carbonyl (C=O) groups excluding carboxylic acids is 1. The SMILES string of the molecule is CCc1cc2c(=O)n(CC(=O)c3ccc4ccccc4c3)c(=O)n(Cc3ccc(-c4ccccc4-c4noc(=O)[nH]4)cc3)c2s1. The number of aromatic amines is 1. The number of benzene rings is 4. The number of aromatic nitrogens is 4. The van der Waals surface area contributed by atoms with Crippen LogP contribution in [0.5, 0.6) is 0 Å². The van der Waals surface area contributed by atoms with Crippen molar-refractivity contribution < 1.29 is 9.32 Å². The van der Waals surface area contributed by atoms with Crippen molar-refractivity contribution in [2.45, 2.75) is 26.4 Å². The number of nitrogens with one attached hydrogen (secondary N) is 1. The van der Waals surface area contributed by atoms with E-state index in [1.165, 1.54) is 11.3 Å². The van der Waals surface area contributed by atoms with Crippen LogP contribution in [0, 0.1) is 0 Å². The Morgan fingerprint density at radius 3 is 2.31 bits per heavy atom. The summed E-state index contributed by atoms with van der Waals surface area (Å²) < 4.78 is 7.33. The number of hydrogen-bond donors (Lipinski definition) is 1. The van der Waals surface area contributed by atoms with Gasteiger partial charge in [-0.15, -0.1) is 11.3 Å². The molecule has 0 aliphatic carbocycles. The maximum Gasteiger partial charge on any atom is 0.439 e. The van der Waals surface area contributed by atoms with Crippen LogP contribution in [-0.2, 0) is 19.5 Å². The van der Waals surface area contributed by atoms with Gasteiger partial charge in [0.25, 0.3) is 5.56 Å². The van der Waals surface area contributed by atoms with Gasteiger partial charge in [-0.2, -0.15) is 0 Å². The Labute approximate surface area is 259 Å². The topological polar surface area (TPSA) is 120 Å². The summed E-state index contributed by atoms with van der Waals surface area (Å²) >= 11 is 1.42. The van der Waals surface area contributed by atoms with Crippen LogP contribution in [0.3, 0.4) is 0 Å². The standard InChI is InChI=1S/C35H26N4O5S/c1-2-26-18-29-32(41)38(20-30(40)25-16-15-22-7-3-4-8-24(22)17-25)35(43)39(33(29)45-26)19-21-11-13-23(14-12-21)27-9-5-6-10-28(27)31-36-34(42)44-37-31/h3-18H,2,19-20H2,1H3,(H,36,37,42). The van der Waals surface area contributed by atoms with Gasteiger partial charge in [-0.05, 0) is 46.0 Å². The predicted molar refractivity (Wildman–Crippen MR) is 175 cm³/mol. The largest absolute Gasteiger partial charge is 0.439 e. The van der Waals surface area contributed by atoms with Crippen molar-refractivity contribution >= 4 is 38.1 Å². The molecule has 0 unspecified atom stereocenters. The molecule has 4 aromatic carbocycles. The Hall–Kier alpha value is -5.61. The molecule has 0 aliphatic heterocycles. The number of aryl methyl sites for hydroxylation is 1. The fourth-order valence-electron chi connectivity index (χ4n) is 5.56. The Balaban J connectivity index is 1.25. The molecule has 0 atom stereocenters. The zero-order valence-electron chi connectivity index (χ0n) is 24.2. The van der Waals surface area contributed by atoms with Gasteiger partial charge in [0.1, 0.15) is 4.83 Å². The molecule has 7 aromatic rings. The highest BCUT2D eigenvalue weighted by Crippen LogP contribution is 2.30. The fourth-order valence-corrected chi connectivity index (χ4v) is 6.64. The number of ketones is 1. The molecule has 222 valence electrons. The zero-order valence-corrected chi connectivity index (χ0v) is 25.0. The number of thiophene rings is 1. The maximum atomic E-state index is 13.9. The van der Waals surface area contributed by atoms with Crippen molar-refractivity contribution in [1.82, 2.24) is 19.3 Å². The number of nitrogens with zero attached hydrogens (tertiary/aromatic N) is 3. The summed E-state index contributed by atoms with van der Waals surface area (Å²) in [5.74, 6) is -0.612. The van der Waals surface area contributed by atoms with E-state index in [4.69, 9.17) is 4.52 Å². The van der Waals surface area contributed by atoms with Crippen LogP contribution in [0.25, 0.3) is 43.5 Å². The highest BCUT2D eigenvalue weighted by molar-refractivity contribution is 7.18. The first-order chi connectivity index (χ1) is 21.9. The molecule has 0 aliphatic rings. The van der Waals surface area contributed by atoms with Crippen molar-refractivity contribution in [3.63, 3.8) is 0 Å². The molecule has 7 rings (SSSR count). The van der Waals surface area contributed by atoms with E-state index in [0.717, 1.165) is 36.9 Å². The number of H-pyrrole nitrogens is 1. The van der Waals surface area contributed by atoms with E-state index in [1.807, 2.05) is 91.9 Å². The third-order valence-corrected chi connectivity index (χ3v) is 9.20. The Morgan fingerprint density at radius 1 is 0.844 bits per heavy atom. The molecule has 45 heavy (non-hydrogen) atoms. The number of Topliss-reactive ketones (excluding diaryl/α,β-unsaturated/α-hetero) is 1. The van der Waals surface area contributed by atoms with Crippen LogP contribution in [-0.4, -0.2) is 25.1 Å². The molecule has 0 bridgehead atoms. The molecule has 0 spiro atoms. The summed E-state index contributed by atoms with van der Waals surface area (Å²) in [5, 5.41) is 6.17. The second-order valence-electron chi connectivity index (χ2n) is 10.7. The fraction of sp³-hybridized carbons (Fsp3) is 0.114. The van der Waals surface area contributed by atoms with Gasteiger partial charge in [0, 0.05) is 16.0 Å². The minimum Gasteiger partial charge on any atom is -0.296 e. The van der Waals surface area contributed by atoms with Crippen molar-refractivity contribution in [1.29, 1.82) is 0 Å². The molecule has 1 N–H and O–H groups in total. The number of fused-ring (bicyclic) bond motifs is 2. The monoisotopic (exact) mass is 614 g/mol. The van der Waals surface area contributed by atoms with Crippen molar-refractivity contribution in [3.8, 4) is 22.5 Å². The van der Waals surface area contributed by atoms with Gasteiger partial charge in [0.2, 0.25) is 0 Å². The summed E-state index contributed by atoms with van der Waals surface area (Å²) in [4.78, 5) is 56.6. The Bertz CT molecular complexity index is 2410. The van der Waals surface area contributed by atoms with Crippen LogP contribution < -0.4 is 17.0 Å². The molecule has 0 saturated heterocycles. The van der Waals surface area contributed by atoms with Gasteiger partial charge in [-0.25, -0.2) is 9.59 Å². The van der Waals surface area contributed by atoms with Gasteiger partial charge in [-0.3, -0.25) is 28.2 Å². The van der Waals surface area contributed by atoms with Gasteiger partial charge >= 0.3 is 11.4 Å². The van der Waals surface area contributed by atoms with Crippen molar-refractivity contribution in [2.24, 2.45) is 0 Å². The quantitative estimate of drug-likeness (QED) is 0.214. The number of carbonyl (C=O) groups is 1. The van der Waals surface area contributed by atoms with E-state index < -0.39 is 17.0 Å². The molecule has 0 saturated carbocycles. The van der Waals surface area contributed by atoms with Crippen LogP contribution in [0.15, 0.2) is 116 Å². The smallest absolute Gasteiger partial charge is 0.296 e. The molecule has 0 fully saturated rings. The van der Waals surface area contributed by atoms with E-state index in [9.17, 15) is 19.2 Å². The second kappa shape index (κ2) is 11.5. The van der Waals surface area contributed by atoms with E-state index in [2.05, 4.69) is 10.1 Å². The summed E-state index contributed by atoms with van der Waals surface area (Å²) in [7, 11) is 0. The molecule has 0 radical (unpaired) electrons. The highest BCUT2D eigenvalue weighted by Gasteiger charge is 2.19. The number of hydrogen-bond acceptors (Lipinski definition) is 7. The van der Waals surface area contributed by atoms with Crippen LogP contribution in [0.1, 0.15) is 27.7 Å². The maximum absolute atomic E-state index is 13.9. The van der Waals surface area contributed by atoms with E-state index in [-0.39, 0.29) is 18.9 Å². The normalized spacial score (nSPS) is 11.4. The van der Waals surface area contributed by atoms with Crippen molar-refractivity contribution in [2.75, 3.05) is 0 Å². The molecule has 0 amide bonds. The first-order valence-electron chi connectivity index (χ1n) is 14.4. The first kappa shape index (κ1) is 28.2. The lowest BCUT2D eigenvalue weighted by atomic mass is 9.98. The van der Waals surface area contributed by atoms with Gasteiger partial charge in [-0.1, -0.05) is 97.0 Å². The molecule has 9 nitrogen and oxygen atoms in total. The van der Waals surface area contributed by atoms with E-state index in [1.54, 1.807) is 16.7 Å². The first-order valence-corrected chi connectivity index (χ1v) is 15.2. The van der Waals surface area contributed by atoms with Crippen LogP contribution >= 0.6 is 11.3 Å². The minimum atomic E-state index is -0.632. The molecule has 10 heteroatoms. The third-order valence-electron chi connectivity index (χ3n) is 7.90. The van der Waals surface area contributed by atoms with Gasteiger partial charge < -0.3 is 0 Å². The predicted octanol–water partition coefficient (Wildman–Crippen LogP) is 5.88. The lowest BCUT2D eigenvalue weighted by Gasteiger charge is -2.13. The van der Waals surface area contributed by atoms with Gasteiger partial charge in [0.15, 0.2) is 11.6 Å². The van der Waals surface area contributed by atoms with E-state index >= 15 is 0 Å². The minimum absolute atomic E-state index is 0.210. The summed E-state index contributed by atoms with van der Waals surface area (Å²) in [6.45, 7) is 1.85. The summed E-state index contributed by atoms with van der Waals surface area (Å²) in [6, 6.07) is 30.1. The Morgan fingerprint density at radius 2 is 1.58 bits per heavy atom. The molecular weight excluding hydrogens is 588 g/mol. The zero-order chi connectivity index (χ0) is 31.1. The Kier molecular flexibility index (Phi) is 7.19. The summed E-state index contributed by atoms with van der Waals surface area (Å²) in [5.41, 5.74) is 2.72. The lowest BCUT2D eigenvalue weighted by molar-refractivity contribution is 0.0969. The second-order valence-corrected chi connectivity index (χ2v) is 11.8. The lowest BCUT2D eigenvalue weighted by Crippen LogP contribution is -2.41. The average molecular weight is 615 g/mol. The molecule has 3 heterocycles. The number of rotatable bonds is 8. The van der Waals surface area contributed by atoms with Crippen LogP contribution in [0.4, 0.5) is 0 Å². The summed E-state index contributed by atoms with van der Waals surface area (Å²) in [6.07, 6.45) is 0.716.